The summed E-state index contributed by atoms with van der Waals surface area (Å²) >= 11 is 0. The molecule has 0 saturated carbocycles. The van der Waals surface area contributed by atoms with Crippen molar-refractivity contribution in [3.05, 3.63) is 24.3 Å². The molecule has 0 bridgehead atoms. The van der Waals surface area contributed by atoms with Crippen molar-refractivity contribution in [3.8, 4) is 0 Å². The van der Waals surface area contributed by atoms with Crippen LogP contribution in [-0.4, -0.2) is 16.9 Å². The Morgan fingerprint density at radius 3 is 2.31 bits per heavy atom. The Kier molecular flexibility index (Phi) is 10.6. The normalized spacial score (nSPS) is 25.2. The maximum Gasteiger partial charge on any atom is 1.00 e. The van der Waals surface area contributed by atoms with E-state index in [1.807, 2.05) is 0 Å². The van der Waals surface area contributed by atoms with Crippen LogP contribution in [-0.2, 0) is 0 Å². The molecular formula is C7H9Na2O3P. The van der Waals surface area contributed by atoms with Crippen LogP contribution in [0.2, 0.25) is 0 Å². The maximum atomic E-state index is 10.3. The van der Waals surface area contributed by atoms with Crippen molar-refractivity contribution in [1.29, 1.82) is 0 Å². The van der Waals surface area contributed by atoms with Gasteiger partial charge in [0.15, 0.2) is 0 Å². The molecular weight excluding hydrogens is 209 g/mol. The molecule has 0 radical (unpaired) electrons. The van der Waals surface area contributed by atoms with Crippen LogP contribution < -0.4 is 68.9 Å². The third-order valence-electron chi connectivity index (χ3n) is 1.53. The molecule has 3 nitrogen and oxygen atoms in total. The molecule has 1 aliphatic carbocycles. The van der Waals surface area contributed by atoms with Crippen LogP contribution in [0.1, 0.15) is 6.42 Å². The summed E-state index contributed by atoms with van der Waals surface area (Å²) < 4.78 is 0. The van der Waals surface area contributed by atoms with Crippen LogP contribution in [0.3, 0.4) is 0 Å². The van der Waals surface area contributed by atoms with Gasteiger partial charge >= 0.3 is 59.1 Å². The molecule has 6 heteroatoms. The number of aliphatic hydroxyl groups is 1. The first kappa shape index (κ1) is 17.2. The van der Waals surface area contributed by atoms with Crippen LogP contribution in [0.4, 0.5) is 0 Å². The third kappa shape index (κ3) is 6.80. The second-order valence-corrected chi connectivity index (χ2v) is 3.57. The van der Waals surface area contributed by atoms with E-state index in [9.17, 15) is 14.9 Å². The molecule has 0 amide bonds. The van der Waals surface area contributed by atoms with Gasteiger partial charge in [0.1, 0.15) is 0 Å². The summed E-state index contributed by atoms with van der Waals surface area (Å²) in [6.07, 6.45) is 6.89. The molecule has 1 atom stereocenters. The maximum absolute atomic E-state index is 10.3. The van der Waals surface area contributed by atoms with Crippen LogP contribution in [0.25, 0.3) is 0 Å². The van der Waals surface area contributed by atoms with Gasteiger partial charge in [0.05, 0.1) is 5.60 Å². The average molecular weight is 218 g/mol. The minimum absolute atomic E-state index is 0. The van der Waals surface area contributed by atoms with Gasteiger partial charge in [-0.15, -0.1) is 0 Å². The summed E-state index contributed by atoms with van der Waals surface area (Å²) in [5.74, 6) is 0. The molecule has 0 heterocycles. The molecule has 1 rings (SSSR count). The zero-order valence-corrected chi connectivity index (χ0v) is 12.8. The Morgan fingerprint density at radius 1 is 1.31 bits per heavy atom. The SMILES string of the molecule is [Na+].[Na+].[O-]P([O-])CC1(O)C=CC=CC1. The summed E-state index contributed by atoms with van der Waals surface area (Å²) in [5.41, 5.74) is -1.16. The molecule has 0 aromatic rings. The predicted molar refractivity (Wildman–Crippen MR) is 39.6 cm³/mol. The van der Waals surface area contributed by atoms with Gasteiger partial charge in [0.2, 0.25) is 0 Å². The molecule has 0 fully saturated rings. The van der Waals surface area contributed by atoms with Gasteiger partial charge in [0.25, 0.3) is 0 Å². The Hall–Kier alpha value is 1.79. The molecule has 13 heavy (non-hydrogen) atoms. The third-order valence-corrected chi connectivity index (χ3v) is 2.33. The fourth-order valence-corrected chi connectivity index (χ4v) is 1.68. The molecule has 1 aliphatic rings. The van der Waals surface area contributed by atoms with E-state index >= 15 is 0 Å². The molecule has 0 spiro atoms. The summed E-state index contributed by atoms with van der Waals surface area (Å²) in [6.45, 7) is 0. The monoisotopic (exact) mass is 218 g/mol. The Balaban J connectivity index is 0. The average Bonchev–Trinajstić information content (AvgIpc) is 1.85. The van der Waals surface area contributed by atoms with E-state index in [1.165, 1.54) is 6.08 Å². The largest absolute Gasteiger partial charge is 1.00 e. The van der Waals surface area contributed by atoms with E-state index in [4.69, 9.17) is 0 Å². The minimum atomic E-state index is -2.51. The van der Waals surface area contributed by atoms with Crippen molar-refractivity contribution in [2.75, 3.05) is 6.16 Å². The van der Waals surface area contributed by atoms with Crippen molar-refractivity contribution < 1.29 is 74.0 Å². The van der Waals surface area contributed by atoms with Gasteiger partial charge in [-0.3, -0.25) is 0 Å². The molecule has 62 valence electrons. The van der Waals surface area contributed by atoms with Gasteiger partial charge in [-0.2, -0.15) is 0 Å². The van der Waals surface area contributed by atoms with E-state index in [0.29, 0.717) is 6.42 Å². The summed E-state index contributed by atoms with van der Waals surface area (Å²) in [5, 5.41) is 9.52. The zero-order valence-electron chi connectivity index (χ0n) is 7.93. The van der Waals surface area contributed by atoms with Gasteiger partial charge in [-0.25, -0.2) is 0 Å². The molecule has 0 saturated heterocycles. The Bertz CT molecular complexity index is 196. The quantitative estimate of drug-likeness (QED) is 0.370. The Morgan fingerprint density at radius 2 is 1.92 bits per heavy atom. The van der Waals surface area contributed by atoms with E-state index in [-0.39, 0.29) is 65.3 Å². The summed E-state index contributed by atoms with van der Waals surface area (Å²) in [6, 6.07) is 0. The molecule has 0 aliphatic heterocycles. The first-order chi connectivity index (χ1) is 5.12. The molecule has 1 N–H and O–H groups in total. The standard InChI is InChI=1S/C7H9O3P.2Na/c8-7(6-11(9)10)4-2-1-3-5-7;;/h1-4,8H,5-6H2;;/q-2;2*+1. The molecule has 0 aromatic heterocycles. The van der Waals surface area contributed by atoms with Crippen molar-refractivity contribution >= 4 is 8.38 Å². The van der Waals surface area contributed by atoms with Crippen molar-refractivity contribution in [3.63, 3.8) is 0 Å². The second kappa shape index (κ2) is 8.00. The van der Waals surface area contributed by atoms with Gasteiger partial charge in [-0.05, 0) is 12.6 Å². The minimum Gasteiger partial charge on any atom is -0.841 e. The van der Waals surface area contributed by atoms with Crippen LogP contribution in [0.15, 0.2) is 24.3 Å². The predicted octanol–water partition coefficient (Wildman–Crippen LogP) is -6.73. The summed E-state index contributed by atoms with van der Waals surface area (Å²) in [4.78, 5) is 20.6. The number of hydrogen-bond acceptors (Lipinski definition) is 3. The second-order valence-electron chi connectivity index (χ2n) is 2.59. The van der Waals surface area contributed by atoms with E-state index in [2.05, 4.69) is 0 Å². The van der Waals surface area contributed by atoms with E-state index in [1.54, 1.807) is 18.2 Å². The van der Waals surface area contributed by atoms with Crippen molar-refractivity contribution in [1.82, 2.24) is 0 Å². The van der Waals surface area contributed by atoms with Gasteiger partial charge < -0.3 is 23.3 Å². The number of allylic oxidation sites excluding steroid dienone is 2. The number of rotatable bonds is 2. The fraction of sp³-hybridized carbons (Fsp3) is 0.429. The van der Waals surface area contributed by atoms with Crippen molar-refractivity contribution in [2.24, 2.45) is 0 Å². The smallest absolute Gasteiger partial charge is 0.841 e. The number of hydrogen-bond donors (Lipinski definition) is 1. The zero-order chi connectivity index (χ0) is 8.32. The van der Waals surface area contributed by atoms with Crippen LogP contribution in [0, 0.1) is 0 Å². The first-order valence-corrected chi connectivity index (χ1v) is 4.67. The van der Waals surface area contributed by atoms with Crippen LogP contribution in [0.5, 0.6) is 0 Å². The van der Waals surface area contributed by atoms with Crippen LogP contribution >= 0.6 is 8.38 Å². The molecule has 1 unspecified atom stereocenters. The van der Waals surface area contributed by atoms with E-state index in [0.717, 1.165) is 0 Å². The van der Waals surface area contributed by atoms with Gasteiger partial charge in [-0.1, -0.05) is 24.3 Å². The fourth-order valence-electron chi connectivity index (χ4n) is 0.994. The molecule has 0 aromatic carbocycles. The summed E-state index contributed by atoms with van der Waals surface area (Å²) in [7, 11) is -2.51. The van der Waals surface area contributed by atoms with E-state index < -0.39 is 14.0 Å². The van der Waals surface area contributed by atoms with Crippen molar-refractivity contribution in [2.45, 2.75) is 12.0 Å². The first-order valence-electron chi connectivity index (χ1n) is 3.31. The van der Waals surface area contributed by atoms with Gasteiger partial charge in [0, 0.05) is 0 Å². The topological polar surface area (TPSA) is 66.3 Å². The Labute approximate surface area is 123 Å².